The molecular weight excluding hydrogens is 364 g/mol. The Balaban J connectivity index is 1.45. The zero-order valence-corrected chi connectivity index (χ0v) is 15.7. The lowest BCUT2D eigenvalue weighted by Gasteiger charge is -2.11. The van der Waals surface area contributed by atoms with E-state index in [0.29, 0.717) is 34.6 Å². The molecule has 0 unspecified atom stereocenters. The molecule has 0 spiro atoms. The molecule has 0 fully saturated rings. The molecule has 0 bridgehead atoms. The largest absolute Gasteiger partial charge is 0.491 e. The van der Waals surface area contributed by atoms with Crippen molar-refractivity contribution in [2.24, 2.45) is 0 Å². The van der Waals surface area contributed by atoms with Crippen LogP contribution in [0.5, 0.6) is 5.75 Å². The second kappa shape index (κ2) is 9.34. The summed E-state index contributed by atoms with van der Waals surface area (Å²) >= 11 is 1.27. The molecule has 0 aliphatic heterocycles. The van der Waals surface area contributed by atoms with E-state index >= 15 is 0 Å². The van der Waals surface area contributed by atoms with Crippen molar-refractivity contribution in [2.45, 2.75) is 24.7 Å². The van der Waals surface area contributed by atoms with Gasteiger partial charge in [0.2, 0.25) is 5.89 Å². The van der Waals surface area contributed by atoms with Gasteiger partial charge < -0.3 is 14.3 Å². The molecule has 140 valence electrons. The molecule has 0 saturated carbocycles. The highest BCUT2D eigenvalue weighted by Crippen LogP contribution is 2.23. The van der Waals surface area contributed by atoms with E-state index in [4.69, 9.17) is 9.15 Å². The Morgan fingerprint density at radius 2 is 1.89 bits per heavy atom. The van der Waals surface area contributed by atoms with Gasteiger partial charge in [-0.2, -0.15) is 0 Å². The number of benzene rings is 2. The molecule has 3 aromatic rings. The summed E-state index contributed by atoms with van der Waals surface area (Å²) in [4.78, 5) is 11.6. The van der Waals surface area contributed by atoms with E-state index in [1.807, 2.05) is 37.3 Å². The predicted octanol–water partition coefficient (Wildman–Crippen LogP) is 3.86. The van der Waals surface area contributed by atoms with Crippen LogP contribution in [0.25, 0.3) is 11.5 Å². The fourth-order valence-electron chi connectivity index (χ4n) is 2.31. The summed E-state index contributed by atoms with van der Waals surface area (Å²) in [6.07, 6.45) is -0.225. The van der Waals surface area contributed by atoms with Gasteiger partial charge in [-0.1, -0.05) is 36.9 Å². The minimum atomic E-state index is -0.695. The van der Waals surface area contributed by atoms with Crippen LogP contribution in [0, 0.1) is 0 Å². The molecular formula is C20H20N2O4S. The lowest BCUT2D eigenvalue weighted by molar-refractivity contribution is 0.0987. The summed E-state index contributed by atoms with van der Waals surface area (Å²) in [5.41, 5.74) is 1.51. The summed E-state index contributed by atoms with van der Waals surface area (Å²) in [7, 11) is 0. The number of aliphatic hydroxyl groups is 1. The molecule has 27 heavy (non-hydrogen) atoms. The van der Waals surface area contributed by atoms with Crippen LogP contribution in [0.4, 0.5) is 0 Å². The van der Waals surface area contributed by atoms with Gasteiger partial charge in [0.15, 0.2) is 5.78 Å². The van der Waals surface area contributed by atoms with Crippen LogP contribution >= 0.6 is 11.8 Å². The molecule has 0 aliphatic carbocycles. The van der Waals surface area contributed by atoms with Gasteiger partial charge in [-0.15, -0.1) is 10.2 Å². The maximum atomic E-state index is 11.6. The summed E-state index contributed by atoms with van der Waals surface area (Å²) in [5, 5.41) is 18.5. The van der Waals surface area contributed by atoms with Crippen LogP contribution in [0.3, 0.4) is 0 Å². The van der Waals surface area contributed by atoms with E-state index in [0.717, 1.165) is 5.56 Å². The quantitative estimate of drug-likeness (QED) is 0.443. The lowest BCUT2D eigenvalue weighted by atomic mass is 10.1. The predicted molar refractivity (Wildman–Crippen MR) is 103 cm³/mol. The number of Topliss-reactive ketones (excluding diaryl/α,β-unsaturated/α-hetero) is 1. The van der Waals surface area contributed by atoms with E-state index in [1.165, 1.54) is 11.8 Å². The first-order valence-corrected chi connectivity index (χ1v) is 9.60. The number of carbonyl (C=O) groups excluding carboxylic acids is 1. The van der Waals surface area contributed by atoms with Gasteiger partial charge in [-0.25, -0.2) is 0 Å². The van der Waals surface area contributed by atoms with Gasteiger partial charge in [-0.05, 0) is 36.4 Å². The zero-order chi connectivity index (χ0) is 19.1. The van der Waals surface area contributed by atoms with E-state index < -0.39 is 6.10 Å². The topological polar surface area (TPSA) is 85.5 Å². The van der Waals surface area contributed by atoms with Crippen molar-refractivity contribution in [3.05, 3.63) is 60.2 Å². The van der Waals surface area contributed by atoms with Crippen molar-refractivity contribution in [1.82, 2.24) is 10.2 Å². The SMILES string of the molecule is CCC(=O)c1ccc(OC[C@@H](O)CSc2nnc(-c3ccccc3)o2)cc1. The first-order valence-electron chi connectivity index (χ1n) is 8.61. The van der Waals surface area contributed by atoms with Gasteiger partial charge in [0.05, 0.1) is 6.10 Å². The number of aromatic nitrogens is 2. The van der Waals surface area contributed by atoms with Crippen molar-refractivity contribution < 1.29 is 19.1 Å². The molecule has 1 N–H and O–H groups in total. The van der Waals surface area contributed by atoms with Crippen molar-refractivity contribution in [1.29, 1.82) is 0 Å². The molecule has 0 amide bonds. The summed E-state index contributed by atoms with van der Waals surface area (Å²) in [6, 6.07) is 16.4. The molecule has 3 rings (SSSR count). The maximum Gasteiger partial charge on any atom is 0.276 e. The minimum Gasteiger partial charge on any atom is -0.491 e. The van der Waals surface area contributed by atoms with Crippen molar-refractivity contribution in [2.75, 3.05) is 12.4 Å². The fraction of sp³-hybridized carbons (Fsp3) is 0.250. The zero-order valence-electron chi connectivity index (χ0n) is 14.9. The smallest absolute Gasteiger partial charge is 0.276 e. The number of rotatable bonds is 9. The second-order valence-corrected chi connectivity index (χ2v) is 6.79. The summed E-state index contributed by atoms with van der Waals surface area (Å²) < 4.78 is 11.1. The Bertz CT molecular complexity index is 865. The molecule has 7 heteroatoms. The normalized spacial score (nSPS) is 11.9. The number of hydrogen-bond donors (Lipinski definition) is 1. The minimum absolute atomic E-state index is 0.0902. The Labute approximate surface area is 161 Å². The number of hydrogen-bond acceptors (Lipinski definition) is 7. The Morgan fingerprint density at radius 3 is 2.59 bits per heavy atom. The first kappa shape index (κ1) is 19.1. The second-order valence-electron chi connectivity index (χ2n) is 5.82. The third-order valence-corrected chi connectivity index (χ3v) is 4.73. The number of ketones is 1. The number of ether oxygens (including phenoxy) is 1. The van der Waals surface area contributed by atoms with Gasteiger partial charge in [0, 0.05) is 23.3 Å². The molecule has 0 saturated heterocycles. The molecule has 0 radical (unpaired) electrons. The molecule has 2 aromatic carbocycles. The Morgan fingerprint density at radius 1 is 1.15 bits per heavy atom. The van der Waals surface area contributed by atoms with E-state index in [2.05, 4.69) is 10.2 Å². The van der Waals surface area contributed by atoms with Gasteiger partial charge in [-0.3, -0.25) is 4.79 Å². The van der Waals surface area contributed by atoms with Crippen molar-refractivity contribution in [3.8, 4) is 17.2 Å². The number of aliphatic hydroxyl groups excluding tert-OH is 1. The van der Waals surface area contributed by atoms with Crippen LogP contribution in [0.2, 0.25) is 0 Å². The van der Waals surface area contributed by atoms with E-state index in [1.54, 1.807) is 24.3 Å². The van der Waals surface area contributed by atoms with Crippen molar-refractivity contribution in [3.63, 3.8) is 0 Å². The van der Waals surface area contributed by atoms with E-state index in [9.17, 15) is 9.90 Å². The Hall–Kier alpha value is -2.64. The van der Waals surface area contributed by atoms with Gasteiger partial charge in [0.1, 0.15) is 12.4 Å². The average molecular weight is 384 g/mol. The van der Waals surface area contributed by atoms with Crippen LogP contribution in [0.1, 0.15) is 23.7 Å². The number of carbonyl (C=O) groups is 1. The van der Waals surface area contributed by atoms with Crippen LogP contribution in [-0.4, -0.2) is 39.6 Å². The third kappa shape index (κ3) is 5.42. The third-order valence-electron chi connectivity index (χ3n) is 3.77. The van der Waals surface area contributed by atoms with Gasteiger partial charge in [0.25, 0.3) is 5.22 Å². The Kier molecular flexibility index (Phi) is 6.62. The van der Waals surface area contributed by atoms with Crippen molar-refractivity contribution >= 4 is 17.5 Å². The first-order chi connectivity index (χ1) is 13.2. The molecule has 0 aliphatic rings. The number of thioether (sulfide) groups is 1. The highest BCUT2D eigenvalue weighted by molar-refractivity contribution is 7.99. The molecule has 6 nitrogen and oxygen atoms in total. The fourth-order valence-corrected chi connectivity index (χ4v) is 2.98. The molecule has 1 atom stereocenters. The van der Waals surface area contributed by atoms with Crippen LogP contribution < -0.4 is 4.74 Å². The highest BCUT2D eigenvalue weighted by atomic mass is 32.2. The lowest BCUT2D eigenvalue weighted by Crippen LogP contribution is -2.20. The maximum absolute atomic E-state index is 11.6. The summed E-state index contributed by atoms with van der Waals surface area (Å²) in [6.45, 7) is 1.96. The molecule has 1 heterocycles. The molecule has 1 aromatic heterocycles. The summed E-state index contributed by atoms with van der Waals surface area (Å²) in [5.74, 6) is 1.51. The standard InChI is InChI=1S/C20H20N2O4S/c1-2-18(24)14-8-10-17(11-9-14)25-12-16(23)13-27-20-22-21-19(26-20)15-6-4-3-5-7-15/h3-11,16,23H,2,12-13H2,1H3/t16-/m1/s1. The monoisotopic (exact) mass is 384 g/mol. The average Bonchev–Trinajstić information content (AvgIpc) is 3.20. The highest BCUT2D eigenvalue weighted by Gasteiger charge is 2.12. The van der Waals surface area contributed by atoms with Crippen LogP contribution in [-0.2, 0) is 0 Å². The number of nitrogens with zero attached hydrogens (tertiary/aromatic N) is 2. The van der Waals surface area contributed by atoms with Crippen LogP contribution in [0.15, 0.2) is 64.2 Å². The van der Waals surface area contributed by atoms with Gasteiger partial charge >= 0.3 is 0 Å². The van der Waals surface area contributed by atoms with E-state index in [-0.39, 0.29) is 12.4 Å².